The summed E-state index contributed by atoms with van der Waals surface area (Å²) in [5.41, 5.74) is 2.31. The molecular formula is C13H15BrN4S. The van der Waals surface area contributed by atoms with Crippen LogP contribution >= 0.6 is 27.5 Å². The minimum absolute atomic E-state index is 0.522. The lowest BCUT2D eigenvalue weighted by Gasteiger charge is -2.20. The highest BCUT2D eigenvalue weighted by Gasteiger charge is 2.23. The SMILES string of the molecule is Brc1ccccc1N1CCC(NCc2csnn2)C1. The number of para-hydroxylation sites is 1. The first kappa shape index (κ1) is 13.0. The van der Waals surface area contributed by atoms with Crippen LogP contribution in [0, 0.1) is 0 Å². The summed E-state index contributed by atoms with van der Waals surface area (Å²) in [5, 5.41) is 9.60. The molecule has 1 atom stereocenters. The Morgan fingerprint density at radius 3 is 3.11 bits per heavy atom. The number of nitrogens with one attached hydrogen (secondary N) is 1. The van der Waals surface area contributed by atoms with Crippen LogP contribution in [0.15, 0.2) is 34.1 Å². The summed E-state index contributed by atoms with van der Waals surface area (Å²) in [4.78, 5) is 2.42. The van der Waals surface area contributed by atoms with Crippen LogP contribution in [-0.2, 0) is 6.54 Å². The quantitative estimate of drug-likeness (QED) is 0.930. The Morgan fingerprint density at radius 1 is 1.42 bits per heavy atom. The molecule has 1 saturated heterocycles. The molecule has 0 aliphatic carbocycles. The lowest BCUT2D eigenvalue weighted by Crippen LogP contribution is -2.32. The van der Waals surface area contributed by atoms with Gasteiger partial charge in [-0.1, -0.05) is 16.6 Å². The number of anilines is 1. The summed E-state index contributed by atoms with van der Waals surface area (Å²) in [7, 11) is 0. The molecule has 3 rings (SSSR count). The van der Waals surface area contributed by atoms with Crippen molar-refractivity contribution < 1.29 is 0 Å². The van der Waals surface area contributed by atoms with Crippen molar-refractivity contribution in [2.24, 2.45) is 0 Å². The average Bonchev–Trinajstić information content (AvgIpc) is 3.08. The summed E-state index contributed by atoms with van der Waals surface area (Å²) in [5.74, 6) is 0. The van der Waals surface area contributed by atoms with E-state index in [0.717, 1.165) is 25.3 Å². The van der Waals surface area contributed by atoms with Gasteiger partial charge in [-0.05, 0) is 46.0 Å². The molecular weight excluding hydrogens is 324 g/mol. The van der Waals surface area contributed by atoms with Gasteiger partial charge in [0.15, 0.2) is 0 Å². The van der Waals surface area contributed by atoms with Crippen molar-refractivity contribution in [3.8, 4) is 0 Å². The number of benzene rings is 1. The van der Waals surface area contributed by atoms with Gasteiger partial charge in [0, 0.05) is 35.5 Å². The molecule has 1 aromatic heterocycles. The van der Waals surface area contributed by atoms with Crippen molar-refractivity contribution in [1.82, 2.24) is 14.9 Å². The summed E-state index contributed by atoms with van der Waals surface area (Å²) >= 11 is 5.02. The molecule has 0 amide bonds. The molecule has 100 valence electrons. The van der Waals surface area contributed by atoms with Crippen LogP contribution < -0.4 is 10.2 Å². The lowest BCUT2D eigenvalue weighted by molar-refractivity contribution is 0.545. The normalized spacial score (nSPS) is 19.0. The molecule has 1 aliphatic rings. The van der Waals surface area contributed by atoms with Crippen LogP contribution in [0.4, 0.5) is 5.69 Å². The Labute approximate surface area is 125 Å². The third-order valence-electron chi connectivity index (χ3n) is 3.36. The van der Waals surface area contributed by atoms with Crippen molar-refractivity contribution in [3.05, 3.63) is 39.8 Å². The number of nitrogens with zero attached hydrogens (tertiary/aromatic N) is 3. The summed E-state index contributed by atoms with van der Waals surface area (Å²) < 4.78 is 5.04. The Bertz CT molecular complexity index is 531. The van der Waals surface area contributed by atoms with Crippen molar-refractivity contribution in [2.75, 3.05) is 18.0 Å². The molecule has 0 spiro atoms. The number of hydrogen-bond acceptors (Lipinski definition) is 5. The second-order valence-electron chi connectivity index (χ2n) is 4.66. The Morgan fingerprint density at radius 2 is 2.32 bits per heavy atom. The Hall–Kier alpha value is -0.980. The van der Waals surface area contributed by atoms with Crippen LogP contribution in [0.2, 0.25) is 0 Å². The first-order chi connectivity index (χ1) is 9.33. The van der Waals surface area contributed by atoms with Gasteiger partial charge in [0.05, 0.1) is 11.4 Å². The van der Waals surface area contributed by atoms with Crippen molar-refractivity contribution in [3.63, 3.8) is 0 Å². The van der Waals surface area contributed by atoms with E-state index in [2.05, 4.69) is 60.0 Å². The minimum atomic E-state index is 0.522. The third kappa shape index (κ3) is 3.13. The zero-order valence-corrected chi connectivity index (χ0v) is 12.8. The molecule has 1 unspecified atom stereocenters. The van der Waals surface area contributed by atoms with Gasteiger partial charge in [0.25, 0.3) is 0 Å². The average molecular weight is 339 g/mol. The van der Waals surface area contributed by atoms with Gasteiger partial charge in [0.1, 0.15) is 0 Å². The molecule has 0 bridgehead atoms. The number of aromatic nitrogens is 2. The smallest absolute Gasteiger partial charge is 0.0893 e. The highest BCUT2D eigenvalue weighted by Crippen LogP contribution is 2.28. The van der Waals surface area contributed by atoms with Crippen LogP contribution in [0.25, 0.3) is 0 Å². The van der Waals surface area contributed by atoms with E-state index in [1.54, 1.807) is 0 Å². The molecule has 2 aromatic rings. The summed E-state index contributed by atoms with van der Waals surface area (Å²) in [6.45, 7) is 2.95. The summed E-state index contributed by atoms with van der Waals surface area (Å²) in [6, 6.07) is 8.92. The van der Waals surface area contributed by atoms with Crippen molar-refractivity contribution in [1.29, 1.82) is 0 Å². The van der Waals surface area contributed by atoms with Crippen LogP contribution in [0.3, 0.4) is 0 Å². The first-order valence-corrected chi connectivity index (χ1v) is 7.94. The Kier molecular flexibility index (Phi) is 4.10. The van der Waals surface area contributed by atoms with E-state index < -0.39 is 0 Å². The monoisotopic (exact) mass is 338 g/mol. The standard InChI is InChI=1S/C13H15BrN4S/c14-12-3-1-2-4-13(12)18-6-5-10(8-18)15-7-11-9-19-17-16-11/h1-4,9-10,15H,5-8H2. The molecule has 0 saturated carbocycles. The maximum Gasteiger partial charge on any atom is 0.0893 e. The van der Waals surface area contributed by atoms with Crippen LogP contribution in [-0.4, -0.2) is 28.7 Å². The van der Waals surface area contributed by atoms with E-state index in [1.165, 1.54) is 28.1 Å². The van der Waals surface area contributed by atoms with Gasteiger partial charge in [-0.25, -0.2) is 0 Å². The molecule has 6 heteroatoms. The van der Waals surface area contributed by atoms with Gasteiger partial charge in [-0.3, -0.25) is 0 Å². The van der Waals surface area contributed by atoms with Crippen LogP contribution in [0.1, 0.15) is 12.1 Å². The predicted molar refractivity (Wildman–Crippen MR) is 81.5 cm³/mol. The van der Waals surface area contributed by atoms with E-state index in [9.17, 15) is 0 Å². The molecule has 1 N–H and O–H groups in total. The van der Waals surface area contributed by atoms with Crippen LogP contribution in [0.5, 0.6) is 0 Å². The highest BCUT2D eigenvalue weighted by molar-refractivity contribution is 9.10. The third-order valence-corrected chi connectivity index (χ3v) is 4.58. The molecule has 1 aromatic carbocycles. The zero-order chi connectivity index (χ0) is 13.1. The predicted octanol–water partition coefficient (Wildman–Crippen LogP) is 2.67. The fraction of sp³-hybridized carbons (Fsp3) is 0.385. The molecule has 0 radical (unpaired) electrons. The maximum absolute atomic E-state index is 4.05. The van der Waals surface area contributed by atoms with Crippen molar-refractivity contribution in [2.45, 2.75) is 19.0 Å². The first-order valence-electron chi connectivity index (χ1n) is 6.32. The number of hydrogen-bond donors (Lipinski definition) is 1. The van der Waals surface area contributed by atoms with Gasteiger partial charge in [0.2, 0.25) is 0 Å². The van der Waals surface area contributed by atoms with Crippen molar-refractivity contribution >= 4 is 33.1 Å². The van der Waals surface area contributed by atoms with Gasteiger partial charge in [-0.2, -0.15) is 0 Å². The van der Waals surface area contributed by atoms with E-state index in [0.29, 0.717) is 6.04 Å². The fourth-order valence-electron chi connectivity index (χ4n) is 2.36. The highest BCUT2D eigenvalue weighted by atomic mass is 79.9. The van der Waals surface area contributed by atoms with E-state index >= 15 is 0 Å². The molecule has 19 heavy (non-hydrogen) atoms. The largest absolute Gasteiger partial charge is 0.369 e. The van der Waals surface area contributed by atoms with Gasteiger partial charge in [-0.15, -0.1) is 5.10 Å². The van der Waals surface area contributed by atoms with Gasteiger partial charge >= 0.3 is 0 Å². The molecule has 2 heterocycles. The fourth-order valence-corrected chi connectivity index (χ4v) is 3.35. The molecule has 1 fully saturated rings. The second kappa shape index (κ2) is 5.98. The maximum atomic E-state index is 4.05. The van der Waals surface area contributed by atoms with E-state index in [-0.39, 0.29) is 0 Å². The minimum Gasteiger partial charge on any atom is -0.369 e. The lowest BCUT2D eigenvalue weighted by atomic mass is 10.2. The topological polar surface area (TPSA) is 41.0 Å². The Balaban J connectivity index is 1.57. The zero-order valence-electron chi connectivity index (χ0n) is 10.4. The summed E-state index contributed by atoms with van der Waals surface area (Å²) in [6.07, 6.45) is 1.17. The second-order valence-corrected chi connectivity index (χ2v) is 6.12. The molecule has 1 aliphatic heterocycles. The van der Waals surface area contributed by atoms with E-state index in [1.807, 2.05) is 5.38 Å². The van der Waals surface area contributed by atoms with Gasteiger partial charge < -0.3 is 10.2 Å². The number of halogens is 1. The van der Waals surface area contributed by atoms with E-state index in [4.69, 9.17) is 0 Å². The molecule has 4 nitrogen and oxygen atoms in total. The number of rotatable bonds is 4.